The van der Waals surface area contributed by atoms with E-state index in [1.807, 2.05) is 58.5 Å². The van der Waals surface area contributed by atoms with Crippen LogP contribution in [0.5, 0.6) is 17.2 Å². The Hall–Kier alpha value is -4.11. The quantitative estimate of drug-likeness (QED) is 0.353. The SMILES string of the molecule is COc1cc(Nc2nc(-c3ccccc3)nc3c2ncn3-c2ccsc2)cc(OC)c1OC. The highest BCUT2D eigenvalue weighted by atomic mass is 32.1. The molecule has 0 bridgehead atoms. The predicted molar refractivity (Wildman–Crippen MR) is 129 cm³/mol. The highest BCUT2D eigenvalue weighted by Crippen LogP contribution is 2.41. The van der Waals surface area contributed by atoms with E-state index in [1.165, 1.54) is 0 Å². The summed E-state index contributed by atoms with van der Waals surface area (Å²) in [5.41, 5.74) is 3.98. The van der Waals surface area contributed by atoms with Crippen LogP contribution in [0, 0.1) is 0 Å². The Bertz CT molecular complexity index is 1380. The molecular formula is C24H21N5O3S. The van der Waals surface area contributed by atoms with E-state index in [0.29, 0.717) is 45.7 Å². The summed E-state index contributed by atoms with van der Waals surface area (Å²) >= 11 is 1.62. The van der Waals surface area contributed by atoms with Gasteiger partial charge >= 0.3 is 0 Å². The molecule has 166 valence electrons. The van der Waals surface area contributed by atoms with Crippen molar-refractivity contribution in [2.75, 3.05) is 26.6 Å². The van der Waals surface area contributed by atoms with Gasteiger partial charge in [0.15, 0.2) is 34.3 Å². The summed E-state index contributed by atoms with van der Waals surface area (Å²) in [6.45, 7) is 0. The Morgan fingerprint density at radius 3 is 2.30 bits per heavy atom. The summed E-state index contributed by atoms with van der Waals surface area (Å²) in [5.74, 6) is 2.76. The molecule has 0 spiro atoms. The van der Waals surface area contributed by atoms with Crippen molar-refractivity contribution in [3.63, 3.8) is 0 Å². The van der Waals surface area contributed by atoms with E-state index < -0.39 is 0 Å². The average Bonchev–Trinajstić information content (AvgIpc) is 3.54. The molecule has 0 amide bonds. The number of aromatic nitrogens is 4. The van der Waals surface area contributed by atoms with E-state index in [-0.39, 0.29) is 0 Å². The third-order valence-electron chi connectivity index (χ3n) is 5.14. The van der Waals surface area contributed by atoms with Crippen LogP contribution >= 0.6 is 11.3 Å². The van der Waals surface area contributed by atoms with Crippen molar-refractivity contribution >= 4 is 34.0 Å². The summed E-state index contributed by atoms with van der Waals surface area (Å²) < 4.78 is 18.4. The zero-order valence-electron chi connectivity index (χ0n) is 18.3. The molecule has 5 aromatic rings. The lowest BCUT2D eigenvalue weighted by Gasteiger charge is -2.15. The van der Waals surface area contributed by atoms with Gasteiger partial charge in [-0.2, -0.15) is 11.3 Å². The molecule has 33 heavy (non-hydrogen) atoms. The standard InChI is InChI=1S/C24H21N5O3S/c1-30-18-11-16(12-19(31-2)21(18)32-3)26-23-20-24(29(14-25-20)17-9-10-33-13-17)28-22(27-23)15-7-5-4-6-8-15/h4-14H,1-3H3,(H,26,27,28). The molecule has 0 aliphatic carbocycles. The fourth-order valence-corrected chi connectivity index (χ4v) is 4.20. The number of methoxy groups -OCH3 is 3. The van der Waals surface area contributed by atoms with Crippen LogP contribution in [0.25, 0.3) is 28.2 Å². The Labute approximate surface area is 194 Å². The van der Waals surface area contributed by atoms with Gasteiger partial charge in [0.25, 0.3) is 0 Å². The molecular weight excluding hydrogens is 438 g/mol. The minimum Gasteiger partial charge on any atom is -0.493 e. The fourth-order valence-electron chi connectivity index (χ4n) is 3.58. The maximum absolute atomic E-state index is 5.49. The van der Waals surface area contributed by atoms with Crippen molar-refractivity contribution in [1.29, 1.82) is 0 Å². The Morgan fingerprint density at radius 2 is 1.67 bits per heavy atom. The van der Waals surface area contributed by atoms with Gasteiger partial charge in [0, 0.05) is 28.8 Å². The zero-order chi connectivity index (χ0) is 22.8. The smallest absolute Gasteiger partial charge is 0.203 e. The van der Waals surface area contributed by atoms with E-state index in [9.17, 15) is 0 Å². The zero-order valence-corrected chi connectivity index (χ0v) is 19.1. The van der Waals surface area contributed by atoms with Gasteiger partial charge in [0.05, 0.1) is 27.0 Å². The van der Waals surface area contributed by atoms with Crippen LogP contribution in [0.3, 0.4) is 0 Å². The van der Waals surface area contributed by atoms with Gasteiger partial charge in [0.2, 0.25) is 5.75 Å². The van der Waals surface area contributed by atoms with Crippen molar-refractivity contribution in [2.45, 2.75) is 0 Å². The molecule has 0 aliphatic heterocycles. The largest absolute Gasteiger partial charge is 0.493 e. The number of thiophene rings is 1. The maximum Gasteiger partial charge on any atom is 0.203 e. The Balaban J connectivity index is 1.68. The molecule has 0 fully saturated rings. The van der Waals surface area contributed by atoms with E-state index in [0.717, 1.165) is 11.3 Å². The molecule has 9 heteroatoms. The molecule has 1 N–H and O–H groups in total. The number of ether oxygens (including phenoxy) is 3. The van der Waals surface area contributed by atoms with Gasteiger partial charge in [0.1, 0.15) is 6.33 Å². The first-order valence-electron chi connectivity index (χ1n) is 10.1. The fraction of sp³-hybridized carbons (Fsp3) is 0.125. The van der Waals surface area contributed by atoms with Crippen LogP contribution in [-0.2, 0) is 0 Å². The first kappa shape index (κ1) is 20.8. The van der Waals surface area contributed by atoms with Crippen molar-refractivity contribution in [3.8, 4) is 34.3 Å². The van der Waals surface area contributed by atoms with Crippen molar-refractivity contribution in [3.05, 3.63) is 65.6 Å². The van der Waals surface area contributed by atoms with Gasteiger partial charge in [-0.25, -0.2) is 15.0 Å². The van der Waals surface area contributed by atoms with E-state index >= 15 is 0 Å². The Kier molecular flexibility index (Phi) is 5.54. The van der Waals surface area contributed by atoms with Crippen LogP contribution in [0.1, 0.15) is 0 Å². The number of hydrogen-bond acceptors (Lipinski definition) is 8. The molecule has 0 unspecified atom stereocenters. The summed E-state index contributed by atoms with van der Waals surface area (Å²) in [5, 5.41) is 7.45. The maximum atomic E-state index is 5.49. The number of imidazole rings is 1. The topological polar surface area (TPSA) is 83.3 Å². The highest BCUT2D eigenvalue weighted by Gasteiger charge is 2.18. The molecule has 3 heterocycles. The highest BCUT2D eigenvalue weighted by molar-refractivity contribution is 7.08. The van der Waals surface area contributed by atoms with Crippen LogP contribution in [0.2, 0.25) is 0 Å². The monoisotopic (exact) mass is 459 g/mol. The van der Waals surface area contributed by atoms with E-state index in [1.54, 1.807) is 39.0 Å². The lowest BCUT2D eigenvalue weighted by molar-refractivity contribution is 0.324. The summed E-state index contributed by atoms with van der Waals surface area (Å²) in [6, 6.07) is 15.5. The third-order valence-corrected chi connectivity index (χ3v) is 5.81. The van der Waals surface area contributed by atoms with Gasteiger partial charge in [-0.05, 0) is 11.4 Å². The minimum absolute atomic E-state index is 0.519. The lowest BCUT2D eigenvalue weighted by atomic mass is 10.2. The minimum atomic E-state index is 0.519. The first-order valence-corrected chi connectivity index (χ1v) is 11.1. The molecule has 3 aromatic heterocycles. The predicted octanol–water partition coefficient (Wildman–Crippen LogP) is 5.31. The lowest BCUT2D eigenvalue weighted by Crippen LogP contribution is -2.02. The molecule has 0 saturated carbocycles. The van der Waals surface area contributed by atoms with Gasteiger partial charge in [-0.1, -0.05) is 30.3 Å². The summed E-state index contributed by atoms with van der Waals surface area (Å²) in [6.07, 6.45) is 1.76. The second kappa shape index (κ2) is 8.79. The molecule has 0 saturated heterocycles. The number of fused-ring (bicyclic) bond motifs is 1. The first-order chi connectivity index (χ1) is 16.2. The van der Waals surface area contributed by atoms with Crippen molar-refractivity contribution in [1.82, 2.24) is 19.5 Å². The molecule has 8 nitrogen and oxygen atoms in total. The molecule has 2 aromatic carbocycles. The summed E-state index contributed by atoms with van der Waals surface area (Å²) in [4.78, 5) is 14.3. The number of hydrogen-bond donors (Lipinski definition) is 1. The van der Waals surface area contributed by atoms with Gasteiger partial charge in [-0.3, -0.25) is 4.57 Å². The second-order valence-electron chi connectivity index (χ2n) is 7.07. The number of rotatable bonds is 7. The van der Waals surface area contributed by atoms with Crippen LogP contribution in [0.4, 0.5) is 11.5 Å². The van der Waals surface area contributed by atoms with Crippen LogP contribution < -0.4 is 19.5 Å². The number of anilines is 2. The van der Waals surface area contributed by atoms with E-state index in [4.69, 9.17) is 24.2 Å². The molecule has 0 radical (unpaired) electrons. The number of benzene rings is 2. The summed E-state index contributed by atoms with van der Waals surface area (Å²) in [7, 11) is 4.74. The van der Waals surface area contributed by atoms with E-state index in [2.05, 4.69) is 15.7 Å². The number of nitrogens with zero attached hydrogens (tertiary/aromatic N) is 4. The van der Waals surface area contributed by atoms with Crippen LogP contribution in [0.15, 0.2) is 65.6 Å². The Morgan fingerprint density at radius 1 is 0.909 bits per heavy atom. The molecule has 0 atom stereocenters. The van der Waals surface area contributed by atoms with Crippen LogP contribution in [-0.4, -0.2) is 40.8 Å². The molecule has 5 rings (SSSR count). The normalized spacial score (nSPS) is 10.9. The number of nitrogens with one attached hydrogen (secondary N) is 1. The second-order valence-corrected chi connectivity index (χ2v) is 7.85. The average molecular weight is 460 g/mol. The third kappa shape index (κ3) is 3.83. The van der Waals surface area contributed by atoms with Gasteiger partial charge in [-0.15, -0.1) is 0 Å². The van der Waals surface area contributed by atoms with Gasteiger partial charge < -0.3 is 19.5 Å². The van der Waals surface area contributed by atoms with Crippen molar-refractivity contribution in [2.24, 2.45) is 0 Å². The van der Waals surface area contributed by atoms with Crippen molar-refractivity contribution < 1.29 is 14.2 Å². The molecule has 0 aliphatic rings.